The minimum Gasteiger partial charge on any atom is -0.399 e. The highest BCUT2D eigenvalue weighted by atomic mass is 19.4. The number of benzene rings is 2. The molecular formula is C23H26BF3N2O4. The number of amides is 2. The second-order valence-electron chi connectivity index (χ2n) is 9.04. The van der Waals surface area contributed by atoms with Gasteiger partial charge in [-0.2, -0.15) is 13.2 Å². The van der Waals surface area contributed by atoms with Gasteiger partial charge in [0, 0.05) is 12.0 Å². The van der Waals surface area contributed by atoms with Gasteiger partial charge < -0.3 is 20.4 Å². The number of rotatable bonds is 6. The zero-order valence-electron chi connectivity index (χ0n) is 18.8. The molecule has 1 fully saturated rings. The Bertz CT molecular complexity index is 1020. The first-order valence-corrected chi connectivity index (χ1v) is 10.4. The van der Waals surface area contributed by atoms with Crippen molar-refractivity contribution in [3.8, 4) is 0 Å². The van der Waals surface area contributed by atoms with Gasteiger partial charge in [0.2, 0.25) is 5.91 Å². The summed E-state index contributed by atoms with van der Waals surface area (Å²) in [6, 6.07) is 9.97. The smallest absolute Gasteiger partial charge is 0.399 e. The third-order valence-corrected chi connectivity index (χ3v) is 6.05. The Morgan fingerprint density at radius 1 is 1.03 bits per heavy atom. The van der Waals surface area contributed by atoms with Gasteiger partial charge in [0.1, 0.15) is 6.04 Å². The molecule has 3 rings (SSSR count). The summed E-state index contributed by atoms with van der Waals surface area (Å²) in [4.78, 5) is 24.4. The number of carbonyl (C=O) groups is 2. The van der Waals surface area contributed by atoms with Gasteiger partial charge >= 0.3 is 13.3 Å². The monoisotopic (exact) mass is 462 g/mol. The molecule has 2 amide bonds. The zero-order valence-corrected chi connectivity index (χ0v) is 18.8. The molecule has 0 spiro atoms. The molecule has 2 aromatic rings. The average molecular weight is 462 g/mol. The largest absolute Gasteiger partial charge is 0.494 e. The summed E-state index contributed by atoms with van der Waals surface area (Å²) in [6.45, 7) is 7.80. The first-order chi connectivity index (χ1) is 15.2. The van der Waals surface area contributed by atoms with Crippen molar-refractivity contribution < 1.29 is 32.1 Å². The second-order valence-corrected chi connectivity index (χ2v) is 9.04. The SMILES string of the molecule is CC1(C)OB(c2ccc(C[C@H](NC(=O)c3cccc(C(F)(F)F)c3)C(N)=O)cc2)OC1(C)C. The highest BCUT2D eigenvalue weighted by molar-refractivity contribution is 6.62. The first kappa shape index (κ1) is 24.8. The summed E-state index contributed by atoms with van der Waals surface area (Å²) >= 11 is 0. The maximum Gasteiger partial charge on any atom is 0.494 e. The van der Waals surface area contributed by atoms with Gasteiger partial charge in [-0.15, -0.1) is 0 Å². The number of hydrogen-bond acceptors (Lipinski definition) is 4. The van der Waals surface area contributed by atoms with Gasteiger partial charge in [-0.1, -0.05) is 30.3 Å². The molecule has 1 saturated heterocycles. The van der Waals surface area contributed by atoms with Crippen molar-refractivity contribution in [3.63, 3.8) is 0 Å². The molecule has 33 heavy (non-hydrogen) atoms. The molecule has 3 N–H and O–H groups in total. The summed E-state index contributed by atoms with van der Waals surface area (Å²) in [5.41, 5.74) is 4.78. The third kappa shape index (κ3) is 5.56. The lowest BCUT2D eigenvalue weighted by atomic mass is 9.78. The fraction of sp³-hybridized carbons (Fsp3) is 0.391. The Labute approximate surface area is 190 Å². The summed E-state index contributed by atoms with van der Waals surface area (Å²) in [6.07, 6.45) is -4.51. The second kappa shape index (κ2) is 8.83. The van der Waals surface area contributed by atoms with Crippen LogP contribution >= 0.6 is 0 Å². The van der Waals surface area contributed by atoms with E-state index in [1.165, 1.54) is 6.07 Å². The van der Waals surface area contributed by atoms with E-state index >= 15 is 0 Å². The molecule has 1 heterocycles. The van der Waals surface area contributed by atoms with Crippen molar-refractivity contribution in [2.24, 2.45) is 5.73 Å². The quantitative estimate of drug-likeness (QED) is 0.647. The number of nitrogens with two attached hydrogens (primary N) is 1. The van der Waals surface area contributed by atoms with E-state index in [-0.39, 0.29) is 12.0 Å². The molecule has 0 aromatic heterocycles. The van der Waals surface area contributed by atoms with Crippen LogP contribution in [0.2, 0.25) is 0 Å². The number of carbonyl (C=O) groups excluding carboxylic acids is 2. The van der Waals surface area contributed by atoms with Crippen molar-refractivity contribution in [2.75, 3.05) is 0 Å². The number of primary amides is 1. The van der Waals surface area contributed by atoms with Crippen LogP contribution < -0.4 is 16.5 Å². The number of hydrogen-bond donors (Lipinski definition) is 2. The maximum atomic E-state index is 12.9. The normalized spacial score (nSPS) is 18.1. The molecule has 6 nitrogen and oxygen atoms in total. The van der Waals surface area contributed by atoms with Crippen molar-refractivity contribution in [1.82, 2.24) is 5.32 Å². The van der Waals surface area contributed by atoms with Gasteiger partial charge in [-0.3, -0.25) is 9.59 Å². The minimum absolute atomic E-state index is 0.0731. The van der Waals surface area contributed by atoms with Crippen LogP contribution in [0.1, 0.15) is 49.2 Å². The van der Waals surface area contributed by atoms with E-state index in [1.54, 1.807) is 24.3 Å². The van der Waals surface area contributed by atoms with E-state index in [0.717, 1.165) is 23.7 Å². The Morgan fingerprint density at radius 2 is 1.61 bits per heavy atom. The Morgan fingerprint density at radius 3 is 2.12 bits per heavy atom. The molecule has 0 unspecified atom stereocenters. The highest BCUT2D eigenvalue weighted by Gasteiger charge is 2.51. The Kier molecular flexibility index (Phi) is 6.63. The molecule has 1 atom stereocenters. The molecule has 0 saturated carbocycles. The lowest BCUT2D eigenvalue weighted by Crippen LogP contribution is -2.46. The Balaban J connectivity index is 1.69. The van der Waals surface area contributed by atoms with Gasteiger partial charge in [-0.25, -0.2) is 0 Å². The van der Waals surface area contributed by atoms with Crippen LogP contribution in [-0.2, 0) is 26.7 Å². The van der Waals surface area contributed by atoms with E-state index in [2.05, 4.69) is 5.32 Å². The van der Waals surface area contributed by atoms with Crippen molar-refractivity contribution in [1.29, 1.82) is 0 Å². The molecule has 1 aliphatic rings. The molecule has 1 aliphatic heterocycles. The van der Waals surface area contributed by atoms with Gasteiger partial charge in [0.15, 0.2) is 0 Å². The van der Waals surface area contributed by atoms with Crippen LogP contribution in [0, 0.1) is 0 Å². The molecule has 10 heteroatoms. The zero-order chi connectivity index (χ0) is 24.6. The van der Waals surface area contributed by atoms with Gasteiger partial charge in [0.05, 0.1) is 16.8 Å². The highest BCUT2D eigenvalue weighted by Crippen LogP contribution is 2.36. The number of nitrogens with one attached hydrogen (secondary N) is 1. The molecule has 176 valence electrons. The Hall–Kier alpha value is -2.85. The van der Waals surface area contributed by atoms with Crippen molar-refractivity contribution in [3.05, 3.63) is 65.2 Å². The number of alkyl halides is 3. The standard InChI is InChI=1S/C23H26BF3N2O4/c1-21(2)22(3,4)33-24(32-21)17-10-8-14(9-11-17)12-18(19(28)30)29-20(31)15-6-5-7-16(13-15)23(25,26)27/h5-11,13,18H,12H2,1-4H3,(H2,28,30)(H,29,31)/t18-/m0/s1. The summed E-state index contributed by atoms with van der Waals surface area (Å²) in [7, 11) is -0.545. The lowest BCUT2D eigenvalue weighted by molar-refractivity contribution is -0.137. The van der Waals surface area contributed by atoms with Crippen LogP contribution in [0.3, 0.4) is 0 Å². The average Bonchev–Trinajstić information content (AvgIpc) is 2.94. The van der Waals surface area contributed by atoms with E-state index in [4.69, 9.17) is 15.0 Å². The van der Waals surface area contributed by atoms with E-state index in [0.29, 0.717) is 5.56 Å². The molecule has 0 aliphatic carbocycles. The summed E-state index contributed by atoms with van der Waals surface area (Å²) in [5.74, 6) is -1.62. The third-order valence-electron chi connectivity index (χ3n) is 6.05. The topological polar surface area (TPSA) is 90.6 Å². The summed E-state index contributed by atoms with van der Waals surface area (Å²) < 4.78 is 50.8. The fourth-order valence-corrected chi connectivity index (χ4v) is 3.33. The predicted octanol–water partition coefficient (Wildman–Crippen LogP) is 2.83. The fourth-order valence-electron chi connectivity index (χ4n) is 3.33. The van der Waals surface area contributed by atoms with E-state index in [9.17, 15) is 22.8 Å². The predicted molar refractivity (Wildman–Crippen MR) is 118 cm³/mol. The molecule has 0 radical (unpaired) electrons. The van der Waals surface area contributed by atoms with Gasteiger partial charge in [0.25, 0.3) is 5.91 Å². The van der Waals surface area contributed by atoms with E-state index in [1.807, 2.05) is 27.7 Å². The maximum absolute atomic E-state index is 12.9. The van der Waals surface area contributed by atoms with Crippen LogP contribution in [0.5, 0.6) is 0 Å². The van der Waals surface area contributed by atoms with Crippen LogP contribution in [-0.4, -0.2) is 36.2 Å². The van der Waals surface area contributed by atoms with Gasteiger partial charge in [-0.05, 0) is 56.9 Å². The first-order valence-electron chi connectivity index (χ1n) is 10.4. The van der Waals surface area contributed by atoms with Crippen molar-refractivity contribution >= 4 is 24.4 Å². The lowest BCUT2D eigenvalue weighted by Gasteiger charge is -2.32. The van der Waals surface area contributed by atoms with Crippen LogP contribution in [0.25, 0.3) is 0 Å². The van der Waals surface area contributed by atoms with Crippen molar-refractivity contribution in [2.45, 2.75) is 57.5 Å². The number of halogens is 3. The summed E-state index contributed by atoms with van der Waals surface area (Å²) in [5, 5.41) is 2.42. The van der Waals surface area contributed by atoms with Crippen LogP contribution in [0.15, 0.2) is 48.5 Å². The molecule has 0 bridgehead atoms. The van der Waals surface area contributed by atoms with Crippen LogP contribution in [0.4, 0.5) is 13.2 Å². The molecule has 2 aromatic carbocycles. The molecular weight excluding hydrogens is 436 g/mol. The van der Waals surface area contributed by atoms with E-state index < -0.39 is 47.9 Å². The minimum atomic E-state index is -4.59.